The molecule has 2 aromatic heterocycles. The van der Waals surface area contributed by atoms with Crippen LogP contribution in [0, 0.1) is 13.8 Å². The Labute approximate surface area is 260 Å². The lowest BCUT2D eigenvalue weighted by Gasteiger charge is -2.02. The van der Waals surface area contributed by atoms with Gasteiger partial charge in [-0.2, -0.15) is 0 Å². The fraction of sp³-hybridized carbons (Fsp3) is 0.242. The van der Waals surface area contributed by atoms with Crippen LogP contribution in [0.1, 0.15) is 60.3 Å². The number of amides is 2. The van der Waals surface area contributed by atoms with Crippen LogP contribution >= 0.6 is 12.4 Å². The van der Waals surface area contributed by atoms with E-state index in [4.69, 9.17) is 0 Å². The molecular weight excluding hydrogens is 584 g/mol. The van der Waals surface area contributed by atoms with Crippen LogP contribution in [0.3, 0.4) is 0 Å². The summed E-state index contributed by atoms with van der Waals surface area (Å²) in [6.07, 6.45) is 8.80. The van der Waals surface area contributed by atoms with Crippen molar-refractivity contribution in [2.24, 2.45) is 4.99 Å². The molecule has 0 radical (unpaired) electrons. The monoisotopic (exact) mass is 618 g/mol. The number of aliphatic carboxylic acids is 2. The molecule has 2 aliphatic rings. The van der Waals surface area contributed by atoms with Crippen molar-refractivity contribution >= 4 is 60.1 Å². The van der Waals surface area contributed by atoms with Gasteiger partial charge in [0.15, 0.2) is 0 Å². The van der Waals surface area contributed by atoms with Gasteiger partial charge in [0.05, 0.1) is 11.4 Å². The van der Waals surface area contributed by atoms with E-state index in [0.29, 0.717) is 55.8 Å². The molecular formula is C33H35ClN4O6. The van der Waals surface area contributed by atoms with Crippen molar-refractivity contribution in [2.45, 2.75) is 53.4 Å². The summed E-state index contributed by atoms with van der Waals surface area (Å²) < 4.78 is 0. The number of rotatable bonds is 11. The summed E-state index contributed by atoms with van der Waals surface area (Å²) in [6.45, 7) is 14.8. The summed E-state index contributed by atoms with van der Waals surface area (Å²) in [6, 6.07) is 0. The number of allylic oxidation sites excluding steroid dienone is 2. The van der Waals surface area contributed by atoms with Gasteiger partial charge < -0.3 is 25.5 Å². The number of nitrogens with zero attached hydrogens (tertiary/aromatic N) is 1. The van der Waals surface area contributed by atoms with E-state index in [1.165, 1.54) is 6.08 Å². The minimum atomic E-state index is -0.941. The van der Waals surface area contributed by atoms with Crippen molar-refractivity contribution in [3.05, 3.63) is 97.6 Å². The zero-order valence-corrected chi connectivity index (χ0v) is 25.8. The van der Waals surface area contributed by atoms with E-state index >= 15 is 0 Å². The van der Waals surface area contributed by atoms with Crippen molar-refractivity contribution in [3.8, 4) is 0 Å². The molecule has 44 heavy (non-hydrogen) atoms. The third-order valence-electron chi connectivity index (χ3n) is 7.87. The highest BCUT2D eigenvalue weighted by Crippen LogP contribution is 2.27. The molecule has 230 valence electrons. The first kappa shape index (κ1) is 33.5. The number of aromatic amines is 2. The Morgan fingerprint density at radius 2 is 1.39 bits per heavy atom. The molecule has 0 unspecified atom stereocenters. The van der Waals surface area contributed by atoms with E-state index in [-0.39, 0.29) is 49.9 Å². The number of halogens is 1. The van der Waals surface area contributed by atoms with Gasteiger partial charge in [0, 0.05) is 51.6 Å². The van der Waals surface area contributed by atoms with Gasteiger partial charge in [-0.3, -0.25) is 19.2 Å². The van der Waals surface area contributed by atoms with Crippen molar-refractivity contribution < 1.29 is 29.4 Å². The summed E-state index contributed by atoms with van der Waals surface area (Å²) in [5.41, 5.74) is 7.97. The molecule has 2 aliphatic heterocycles. The Hall–Kier alpha value is -4.96. The van der Waals surface area contributed by atoms with E-state index in [0.717, 1.165) is 22.3 Å². The second-order valence-electron chi connectivity index (χ2n) is 10.5. The van der Waals surface area contributed by atoms with Gasteiger partial charge >= 0.3 is 11.9 Å². The van der Waals surface area contributed by atoms with Crippen LogP contribution in [0.4, 0.5) is 0 Å². The lowest BCUT2D eigenvalue weighted by atomic mass is 10.0. The fourth-order valence-electron chi connectivity index (χ4n) is 5.34. The zero-order chi connectivity index (χ0) is 31.6. The molecule has 0 aromatic carbocycles. The molecule has 0 atom stereocenters. The summed E-state index contributed by atoms with van der Waals surface area (Å²) in [5.74, 6) is -2.46. The van der Waals surface area contributed by atoms with Gasteiger partial charge in [-0.25, -0.2) is 4.99 Å². The summed E-state index contributed by atoms with van der Waals surface area (Å²) in [7, 11) is 0. The predicted octanol–water partition coefficient (Wildman–Crippen LogP) is 3.48. The minimum Gasteiger partial charge on any atom is -0.481 e. The van der Waals surface area contributed by atoms with E-state index in [1.807, 2.05) is 19.9 Å². The number of carboxylic acids is 2. The lowest BCUT2D eigenvalue weighted by molar-refractivity contribution is -0.138. The number of H-pyrrole nitrogens is 2. The average molecular weight is 619 g/mol. The standard InChI is InChI=1S/C33H34N4O6.ClH/c1-7-20-19(6)32(42)37-27(20)14-25-18(5)23(10-12-31(40)41)29(35-25)15-28-22(9-11-30(38)39)17(4)24(34-28)13-26-16(3)21(8-2)33(43)36-26;/h7-8,13-15,34-35H,1-2,9-12H2,3-6H3,(H,37,42)(H,38,39)(H,40,41);1H/b24-13-,27-14-,28-15+;. The molecule has 11 heteroatoms. The largest absolute Gasteiger partial charge is 0.481 e. The Morgan fingerprint density at radius 3 is 1.95 bits per heavy atom. The molecule has 2 amide bonds. The van der Waals surface area contributed by atoms with Crippen LogP contribution < -0.4 is 16.0 Å². The molecule has 4 rings (SSSR count). The maximum Gasteiger partial charge on any atom is 0.303 e. The van der Waals surface area contributed by atoms with Crippen LogP contribution in [0.5, 0.6) is 0 Å². The topological polar surface area (TPSA) is 165 Å². The Morgan fingerprint density at radius 1 is 0.773 bits per heavy atom. The molecule has 0 saturated heterocycles. The SMILES string of the molecule is C=CC1=C(C)C(/C=c2\[nH]/c(=C/c3[nH]c(/C=C4\NC(=O)C(C)=C4C=C)c(C)c3CCC(=O)O)c(CCC(=O)O)c2C)=NC1=O.Cl. The molecule has 5 N–H and O–H groups in total. The quantitative estimate of drug-likeness (QED) is 0.259. The number of carbonyl (C=O) groups excluding carboxylic acids is 2. The molecule has 0 saturated carbocycles. The first-order valence-corrected chi connectivity index (χ1v) is 13.8. The van der Waals surface area contributed by atoms with Crippen LogP contribution in [0.2, 0.25) is 0 Å². The number of carbonyl (C=O) groups is 4. The van der Waals surface area contributed by atoms with Gasteiger partial charge in [0.1, 0.15) is 0 Å². The number of aliphatic imine (C=N–C) groups is 1. The minimum absolute atomic E-state index is 0. The second kappa shape index (κ2) is 13.6. The summed E-state index contributed by atoms with van der Waals surface area (Å²) in [4.78, 5) is 58.4. The number of aromatic nitrogens is 2. The highest BCUT2D eigenvalue weighted by molar-refractivity contribution is 6.31. The number of carboxylic acid groups (broad SMARTS) is 2. The van der Waals surface area contributed by atoms with Crippen LogP contribution in [0.15, 0.2) is 58.3 Å². The lowest BCUT2D eigenvalue weighted by Crippen LogP contribution is -2.15. The van der Waals surface area contributed by atoms with Crippen LogP contribution in [-0.4, -0.2) is 49.6 Å². The van der Waals surface area contributed by atoms with E-state index in [1.54, 1.807) is 32.1 Å². The van der Waals surface area contributed by atoms with E-state index in [9.17, 15) is 29.4 Å². The van der Waals surface area contributed by atoms with E-state index < -0.39 is 11.9 Å². The first-order valence-electron chi connectivity index (χ1n) is 13.8. The molecule has 0 fully saturated rings. The van der Waals surface area contributed by atoms with Gasteiger partial charge in [0.2, 0.25) is 0 Å². The number of hydrogen-bond donors (Lipinski definition) is 5. The molecule has 2 aromatic rings. The van der Waals surface area contributed by atoms with Crippen LogP contribution in [0.25, 0.3) is 18.2 Å². The second-order valence-corrected chi connectivity index (χ2v) is 10.5. The van der Waals surface area contributed by atoms with Crippen molar-refractivity contribution in [1.82, 2.24) is 15.3 Å². The first-order chi connectivity index (χ1) is 20.4. The van der Waals surface area contributed by atoms with Crippen LogP contribution in [-0.2, 0) is 32.0 Å². The fourth-order valence-corrected chi connectivity index (χ4v) is 5.34. The maximum absolute atomic E-state index is 12.3. The van der Waals surface area contributed by atoms with Gasteiger partial charge in [0.25, 0.3) is 11.8 Å². The van der Waals surface area contributed by atoms with E-state index in [2.05, 4.69) is 33.4 Å². The zero-order valence-electron chi connectivity index (χ0n) is 25.0. The smallest absolute Gasteiger partial charge is 0.303 e. The summed E-state index contributed by atoms with van der Waals surface area (Å²) in [5, 5.41) is 23.0. The Balaban J connectivity index is 0.00000529. The highest BCUT2D eigenvalue weighted by Gasteiger charge is 2.23. The van der Waals surface area contributed by atoms with Gasteiger partial charge in [-0.1, -0.05) is 25.3 Å². The highest BCUT2D eigenvalue weighted by atomic mass is 35.5. The number of nitrogens with one attached hydrogen (secondary N) is 3. The normalized spacial score (nSPS) is 16.5. The third kappa shape index (κ3) is 6.65. The average Bonchev–Trinajstić information content (AvgIpc) is 3.59. The molecule has 0 spiro atoms. The third-order valence-corrected chi connectivity index (χ3v) is 7.87. The summed E-state index contributed by atoms with van der Waals surface area (Å²) >= 11 is 0. The van der Waals surface area contributed by atoms with Gasteiger partial charge in [-0.15, -0.1) is 12.4 Å². The number of hydrogen-bond acceptors (Lipinski definition) is 4. The van der Waals surface area contributed by atoms with Crippen molar-refractivity contribution in [1.29, 1.82) is 0 Å². The molecule has 0 aliphatic carbocycles. The maximum atomic E-state index is 12.3. The van der Waals surface area contributed by atoms with Crippen molar-refractivity contribution in [3.63, 3.8) is 0 Å². The molecule has 4 heterocycles. The Kier molecular flexibility index (Phi) is 10.3. The molecule has 10 nitrogen and oxygen atoms in total. The van der Waals surface area contributed by atoms with Crippen molar-refractivity contribution in [2.75, 3.05) is 0 Å². The van der Waals surface area contributed by atoms with Gasteiger partial charge in [-0.05, 0) is 86.6 Å². The Bertz CT molecular complexity index is 1860. The molecule has 0 bridgehead atoms. The predicted molar refractivity (Wildman–Crippen MR) is 172 cm³/mol.